The van der Waals surface area contributed by atoms with E-state index in [1.54, 1.807) is 0 Å². The van der Waals surface area contributed by atoms with Crippen LogP contribution in [-0.4, -0.2) is 37.5 Å². The Hall–Kier alpha value is -0.540. The molecule has 0 atom stereocenters. The molecule has 1 rings (SSSR count). The molecule has 1 aliphatic heterocycles. The Morgan fingerprint density at radius 2 is 2.11 bits per heavy atom. The highest BCUT2D eigenvalue weighted by Crippen LogP contribution is 2.18. The van der Waals surface area contributed by atoms with E-state index in [1.807, 2.05) is 18.0 Å². The molecule has 0 spiro atoms. The van der Waals surface area contributed by atoms with Gasteiger partial charge in [0.1, 0.15) is 0 Å². The SMILES string of the molecule is C=CCCCN(C)C(=O)CCC1CCNCC1.Cl. The summed E-state index contributed by atoms with van der Waals surface area (Å²) >= 11 is 0. The average molecular weight is 275 g/mol. The number of allylic oxidation sites excluding steroid dienone is 1. The summed E-state index contributed by atoms with van der Waals surface area (Å²) in [5, 5.41) is 3.35. The molecule has 0 unspecified atom stereocenters. The maximum Gasteiger partial charge on any atom is 0.222 e. The van der Waals surface area contributed by atoms with Crippen molar-refractivity contribution >= 4 is 18.3 Å². The maximum absolute atomic E-state index is 11.9. The van der Waals surface area contributed by atoms with Gasteiger partial charge in [-0.2, -0.15) is 0 Å². The summed E-state index contributed by atoms with van der Waals surface area (Å²) < 4.78 is 0. The number of unbranched alkanes of at least 4 members (excludes halogenated alkanes) is 1. The van der Waals surface area contributed by atoms with Gasteiger partial charge in [-0.3, -0.25) is 4.79 Å². The third-order valence-electron chi connectivity index (χ3n) is 3.55. The summed E-state index contributed by atoms with van der Waals surface area (Å²) in [5.41, 5.74) is 0. The van der Waals surface area contributed by atoms with Crippen LogP contribution in [0.1, 0.15) is 38.5 Å². The van der Waals surface area contributed by atoms with Gasteiger partial charge in [0.2, 0.25) is 5.91 Å². The number of hydrogen-bond donors (Lipinski definition) is 1. The number of halogens is 1. The van der Waals surface area contributed by atoms with Gasteiger partial charge in [-0.25, -0.2) is 0 Å². The molecule has 1 fully saturated rings. The van der Waals surface area contributed by atoms with Gasteiger partial charge in [0.15, 0.2) is 0 Å². The highest BCUT2D eigenvalue weighted by atomic mass is 35.5. The standard InChI is InChI=1S/C14H26N2O.ClH/c1-3-4-5-12-16(2)14(17)7-6-13-8-10-15-11-9-13;/h3,13,15H,1,4-12H2,2H3;1H. The Morgan fingerprint density at radius 3 is 2.72 bits per heavy atom. The molecule has 18 heavy (non-hydrogen) atoms. The van der Waals surface area contributed by atoms with Crippen molar-refractivity contribution in [3.8, 4) is 0 Å². The van der Waals surface area contributed by atoms with E-state index in [-0.39, 0.29) is 12.4 Å². The van der Waals surface area contributed by atoms with Crippen LogP contribution in [0.2, 0.25) is 0 Å². The molecule has 1 saturated heterocycles. The fourth-order valence-electron chi connectivity index (χ4n) is 2.29. The molecule has 0 aromatic rings. The first kappa shape index (κ1) is 17.5. The third-order valence-corrected chi connectivity index (χ3v) is 3.55. The molecule has 1 amide bonds. The molecular formula is C14H27ClN2O. The molecule has 1 N–H and O–H groups in total. The van der Waals surface area contributed by atoms with E-state index >= 15 is 0 Å². The van der Waals surface area contributed by atoms with E-state index in [0.717, 1.165) is 51.2 Å². The summed E-state index contributed by atoms with van der Waals surface area (Å²) in [6.45, 7) is 6.79. The summed E-state index contributed by atoms with van der Waals surface area (Å²) in [7, 11) is 1.91. The Labute approximate surface area is 117 Å². The van der Waals surface area contributed by atoms with Crippen molar-refractivity contribution in [3.63, 3.8) is 0 Å². The molecule has 0 radical (unpaired) electrons. The predicted octanol–water partition coefficient (Wildman–Crippen LogP) is 2.61. The van der Waals surface area contributed by atoms with Crippen molar-refractivity contribution in [2.24, 2.45) is 5.92 Å². The zero-order valence-electron chi connectivity index (χ0n) is 11.5. The largest absolute Gasteiger partial charge is 0.346 e. The van der Waals surface area contributed by atoms with E-state index in [4.69, 9.17) is 0 Å². The zero-order valence-corrected chi connectivity index (χ0v) is 12.3. The molecule has 1 heterocycles. The molecule has 0 saturated carbocycles. The van der Waals surface area contributed by atoms with Crippen LogP contribution >= 0.6 is 12.4 Å². The molecule has 0 aliphatic carbocycles. The minimum Gasteiger partial charge on any atom is -0.346 e. The quantitative estimate of drug-likeness (QED) is 0.572. The Bertz CT molecular complexity index is 240. The van der Waals surface area contributed by atoms with E-state index in [1.165, 1.54) is 12.8 Å². The Morgan fingerprint density at radius 1 is 1.44 bits per heavy atom. The van der Waals surface area contributed by atoms with Crippen LogP contribution in [0, 0.1) is 5.92 Å². The van der Waals surface area contributed by atoms with Crippen molar-refractivity contribution in [1.29, 1.82) is 0 Å². The number of piperidine rings is 1. The fourth-order valence-corrected chi connectivity index (χ4v) is 2.29. The van der Waals surface area contributed by atoms with Gasteiger partial charge in [-0.05, 0) is 51.1 Å². The van der Waals surface area contributed by atoms with Crippen LogP contribution in [0.15, 0.2) is 12.7 Å². The second kappa shape index (κ2) is 10.4. The van der Waals surface area contributed by atoms with Gasteiger partial charge in [0.05, 0.1) is 0 Å². The first-order chi connectivity index (χ1) is 8.24. The highest BCUT2D eigenvalue weighted by Gasteiger charge is 2.15. The summed E-state index contributed by atoms with van der Waals surface area (Å²) in [5.74, 6) is 1.05. The number of rotatable bonds is 7. The minimum atomic E-state index is 0. The lowest BCUT2D eigenvalue weighted by atomic mass is 9.93. The lowest BCUT2D eigenvalue weighted by Gasteiger charge is -2.23. The van der Waals surface area contributed by atoms with Gasteiger partial charge in [0.25, 0.3) is 0 Å². The van der Waals surface area contributed by atoms with Gasteiger partial charge in [0, 0.05) is 20.0 Å². The lowest BCUT2D eigenvalue weighted by molar-refractivity contribution is -0.130. The summed E-state index contributed by atoms with van der Waals surface area (Å²) in [4.78, 5) is 13.7. The van der Waals surface area contributed by atoms with Crippen molar-refractivity contribution in [1.82, 2.24) is 10.2 Å². The number of carbonyl (C=O) groups is 1. The summed E-state index contributed by atoms with van der Waals surface area (Å²) in [6.07, 6.45) is 8.17. The van der Waals surface area contributed by atoms with Crippen LogP contribution in [-0.2, 0) is 4.79 Å². The maximum atomic E-state index is 11.9. The van der Waals surface area contributed by atoms with Crippen LogP contribution < -0.4 is 5.32 Å². The van der Waals surface area contributed by atoms with E-state index in [9.17, 15) is 4.79 Å². The van der Waals surface area contributed by atoms with Crippen LogP contribution in [0.25, 0.3) is 0 Å². The molecule has 4 heteroatoms. The first-order valence-electron chi connectivity index (χ1n) is 6.79. The van der Waals surface area contributed by atoms with E-state index < -0.39 is 0 Å². The smallest absolute Gasteiger partial charge is 0.222 e. The normalized spacial score (nSPS) is 15.8. The number of carbonyl (C=O) groups excluding carboxylic acids is 1. The van der Waals surface area contributed by atoms with Crippen molar-refractivity contribution in [2.45, 2.75) is 38.5 Å². The van der Waals surface area contributed by atoms with Crippen LogP contribution in [0.3, 0.4) is 0 Å². The minimum absolute atomic E-state index is 0. The van der Waals surface area contributed by atoms with Crippen LogP contribution in [0.4, 0.5) is 0 Å². The molecule has 1 aliphatic rings. The fraction of sp³-hybridized carbons (Fsp3) is 0.786. The predicted molar refractivity (Wildman–Crippen MR) is 79.1 cm³/mol. The van der Waals surface area contributed by atoms with Gasteiger partial charge in [-0.1, -0.05) is 6.08 Å². The highest BCUT2D eigenvalue weighted by molar-refractivity contribution is 5.85. The second-order valence-corrected chi connectivity index (χ2v) is 4.98. The molecule has 3 nitrogen and oxygen atoms in total. The van der Waals surface area contributed by atoms with E-state index in [2.05, 4.69) is 11.9 Å². The number of hydrogen-bond acceptors (Lipinski definition) is 2. The molecule has 0 aromatic heterocycles. The number of nitrogens with one attached hydrogen (secondary N) is 1. The Balaban J connectivity index is 0.00000289. The lowest BCUT2D eigenvalue weighted by Crippen LogP contribution is -2.30. The van der Waals surface area contributed by atoms with Gasteiger partial charge < -0.3 is 10.2 Å². The topological polar surface area (TPSA) is 32.3 Å². The second-order valence-electron chi connectivity index (χ2n) is 4.98. The van der Waals surface area contributed by atoms with Crippen LogP contribution in [0.5, 0.6) is 0 Å². The van der Waals surface area contributed by atoms with Crippen molar-refractivity contribution < 1.29 is 4.79 Å². The monoisotopic (exact) mass is 274 g/mol. The zero-order chi connectivity index (χ0) is 12.5. The van der Waals surface area contributed by atoms with Gasteiger partial charge >= 0.3 is 0 Å². The van der Waals surface area contributed by atoms with Crippen molar-refractivity contribution in [3.05, 3.63) is 12.7 Å². The molecule has 0 bridgehead atoms. The van der Waals surface area contributed by atoms with Crippen molar-refractivity contribution in [2.75, 3.05) is 26.7 Å². The third kappa shape index (κ3) is 7.02. The van der Waals surface area contributed by atoms with E-state index in [0.29, 0.717) is 5.91 Å². The van der Waals surface area contributed by atoms with Gasteiger partial charge in [-0.15, -0.1) is 19.0 Å². The number of amides is 1. The number of nitrogens with zero attached hydrogens (tertiary/aromatic N) is 1. The summed E-state index contributed by atoms with van der Waals surface area (Å²) in [6, 6.07) is 0. The molecular weight excluding hydrogens is 248 g/mol. The first-order valence-corrected chi connectivity index (χ1v) is 6.79. The average Bonchev–Trinajstić information content (AvgIpc) is 2.37. The molecule has 0 aromatic carbocycles. The Kier molecular flexibility index (Phi) is 10.1. The molecule has 106 valence electrons.